The molecule has 102 valence electrons. The van der Waals surface area contributed by atoms with Crippen LogP contribution in [0.2, 0.25) is 0 Å². The molecule has 0 aliphatic heterocycles. The Morgan fingerprint density at radius 2 is 1.89 bits per heavy atom. The van der Waals surface area contributed by atoms with Gasteiger partial charge < -0.3 is 19.3 Å². The van der Waals surface area contributed by atoms with Crippen molar-refractivity contribution in [2.45, 2.75) is 18.6 Å². The first-order valence-electron chi connectivity index (χ1n) is 5.82. The Balaban J connectivity index is 2.81. The Hall–Kier alpha value is -0.705. The first kappa shape index (κ1) is 16.3. The van der Waals surface area contributed by atoms with Crippen LogP contribution in [-0.2, 0) is 15.9 Å². The summed E-state index contributed by atoms with van der Waals surface area (Å²) in [6.07, 6.45) is -0.188. The van der Waals surface area contributed by atoms with E-state index in [0.717, 1.165) is 5.56 Å². The average molecular weight is 280 g/mol. The Morgan fingerprint density at radius 3 is 2.37 bits per heavy atom. The zero-order valence-electron chi connectivity index (χ0n) is 11.1. The van der Waals surface area contributed by atoms with E-state index in [-0.39, 0.29) is 11.6 Å². The quantitative estimate of drug-likeness (QED) is 0.588. The summed E-state index contributed by atoms with van der Waals surface area (Å²) in [6.45, 7) is 0. The molecule has 0 aliphatic carbocycles. The summed E-state index contributed by atoms with van der Waals surface area (Å²) in [6, 6.07) is 9.82. The first-order valence-corrected chi connectivity index (χ1v) is 7.13. The smallest absolute Gasteiger partial charge is 0.190 e. The summed E-state index contributed by atoms with van der Waals surface area (Å²) in [5.74, 6) is 1.19. The summed E-state index contributed by atoms with van der Waals surface area (Å²) in [4.78, 5) is 18.0. The largest absolute Gasteiger partial charge is 0.378 e. The molecule has 1 rings (SSSR count). The van der Waals surface area contributed by atoms with Gasteiger partial charge in [0.05, 0.1) is 12.2 Å². The average Bonchev–Trinajstić information content (AvgIpc) is 2.38. The Morgan fingerprint density at radius 1 is 1.26 bits per heavy atom. The second-order valence-corrected chi connectivity index (χ2v) is 4.97. The lowest BCUT2D eigenvalue weighted by Crippen LogP contribution is -2.33. The number of methoxy groups -OCH3 is 2. The maximum absolute atomic E-state index is 8.98. The normalized spacial score (nSPS) is 15.5. The molecule has 1 aromatic carbocycles. The van der Waals surface area contributed by atoms with E-state index in [4.69, 9.17) is 27.1 Å². The van der Waals surface area contributed by atoms with Crippen molar-refractivity contribution in [1.82, 2.24) is 0 Å². The molecule has 1 unspecified atom stereocenters. The molecule has 0 fully saturated rings. The molecule has 0 bridgehead atoms. The van der Waals surface area contributed by atoms with E-state index < -0.39 is 14.5 Å². The van der Waals surface area contributed by atoms with Gasteiger partial charge in [-0.3, -0.25) is 0 Å². The first-order chi connectivity index (χ1) is 9.08. The van der Waals surface area contributed by atoms with Crippen LogP contribution in [0.15, 0.2) is 41.6 Å². The Kier molecular flexibility index (Phi) is 7.28. The van der Waals surface area contributed by atoms with E-state index in [9.17, 15) is 0 Å². The van der Waals surface area contributed by atoms with Crippen LogP contribution in [-0.4, -0.2) is 44.1 Å². The zero-order valence-corrected chi connectivity index (χ0v) is 12.0. The van der Waals surface area contributed by atoms with Gasteiger partial charge in [-0.25, -0.2) is 0 Å². The van der Waals surface area contributed by atoms with Gasteiger partial charge in [-0.05, 0) is 11.4 Å². The minimum absolute atomic E-state index is 0.265. The van der Waals surface area contributed by atoms with E-state index >= 15 is 0 Å². The van der Waals surface area contributed by atoms with E-state index in [0.29, 0.717) is 6.42 Å². The van der Waals surface area contributed by atoms with Gasteiger partial charge in [0.25, 0.3) is 0 Å². The fourth-order valence-corrected chi connectivity index (χ4v) is 2.28. The summed E-state index contributed by atoms with van der Waals surface area (Å²) >= 11 is 0. The van der Waals surface area contributed by atoms with E-state index in [1.807, 2.05) is 30.3 Å². The molecular formula is C13H18BO4P. The van der Waals surface area contributed by atoms with Crippen LogP contribution < -0.4 is 0 Å². The third-order valence-corrected chi connectivity index (χ3v) is 3.30. The molecule has 19 heavy (non-hydrogen) atoms. The van der Waals surface area contributed by atoms with Gasteiger partial charge in [0.1, 0.15) is 7.85 Å². The topological polar surface area (TPSA) is 58.9 Å². The fourth-order valence-electron chi connectivity index (χ4n) is 1.87. The standard InChI is InChI=1S/C13H18BO4P/c1-17-12(8-10-6-4-3-5-7-10)13(18-2)11(14)9-19(15)16/h3-7,9,12-13,15-16H,8H2,1-2H3/b11-9-/t12-,13?/m0/s1. The van der Waals surface area contributed by atoms with Gasteiger partial charge >= 0.3 is 0 Å². The van der Waals surface area contributed by atoms with Gasteiger partial charge in [0.2, 0.25) is 0 Å². The molecule has 2 radical (unpaired) electrons. The van der Waals surface area contributed by atoms with Crippen molar-refractivity contribution in [2.24, 2.45) is 0 Å². The second kappa shape index (κ2) is 8.46. The van der Waals surface area contributed by atoms with Crippen molar-refractivity contribution in [2.75, 3.05) is 14.2 Å². The third kappa shape index (κ3) is 5.43. The highest BCUT2D eigenvalue weighted by atomic mass is 31.2. The van der Waals surface area contributed by atoms with Crippen LogP contribution in [0, 0.1) is 0 Å². The number of hydrogen-bond donors (Lipinski definition) is 2. The lowest BCUT2D eigenvalue weighted by atomic mass is 9.87. The van der Waals surface area contributed by atoms with Crippen LogP contribution in [0.1, 0.15) is 5.56 Å². The minimum atomic E-state index is -2.19. The maximum Gasteiger partial charge on any atom is 0.190 e. The number of rotatable bonds is 7. The summed E-state index contributed by atoms with van der Waals surface area (Å²) in [7, 11) is 6.71. The van der Waals surface area contributed by atoms with Gasteiger partial charge in [-0.2, -0.15) is 0 Å². The Labute approximate surface area is 116 Å². The predicted octanol–water partition coefficient (Wildman–Crippen LogP) is 1.57. The molecule has 0 heterocycles. The molecule has 0 amide bonds. The monoisotopic (exact) mass is 280 g/mol. The van der Waals surface area contributed by atoms with E-state index in [2.05, 4.69) is 0 Å². The van der Waals surface area contributed by atoms with Crippen molar-refractivity contribution in [3.05, 3.63) is 47.2 Å². The molecule has 1 aromatic rings. The number of ether oxygens (including phenoxy) is 2. The van der Waals surface area contributed by atoms with Crippen LogP contribution in [0.5, 0.6) is 0 Å². The van der Waals surface area contributed by atoms with Crippen molar-refractivity contribution >= 4 is 16.2 Å². The van der Waals surface area contributed by atoms with Crippen molar-refractivity contribution < 1.29 is 19.3 Å². The molecule has 0 saturated carbocycles. The maximum atomic E-state index is 8.98. The minimum Gasteiger partial charge on any atom is -0.378 e. The lowest BCUT2D eigenvalue weighted by molar-refractivity contribution is -0.0129. The summed E-state index contributed by atoms with van der Waals surface area (Å²) in [5.41, 5.74) is 1.36. The summed E-state index contributed by atoms with van der Waals surface area (Å²) < 4.78 is 10.7. The molecule has 4 nitrogen and oxygen atoms in total. The van der Waals surface area contributed by atoms with Crippen LogP contribution in [0.3, 0.4) is 0 Å². The van der Waals surface area contributed by atoms with Crippen molar-refractivity contribution in [1.29, 1.82) is 0 Å². The van der Waals surface area contributed by atoms with Gasteiger partial charge in [0, 0.05) is 20.6 Å². The second-order valence-electron chi connectivity index (χ2n) is 4.07. The highest BCUT2D eigenvalue weighted by Crippen LogP contribution is 2.28. The molecule has 0 aliphatic rings. The van der Waals surface area contributed by atoms with Gasteiger partial charge in [-0.1, -0.05) is 35.8 Å². The van der Waals surface area contributed by atoms with E-state index in [1.54, 1.807) is 7.11 Å². The van der Waals surface area contributed by atoms with Crippen molar-refractivity contribution in [3.63, 3.8) is 0 Å². The summed E-state index contributed by atoms with van der Waals surface area (Å²) in [5, 5.41) is 0. The molecule has 0 saturated heterocycles. The molecule has 6 heteroatoms. The predicted molar refractivity (Wildman–Crippen MR) is 76.9 cm³/mol. The van der Waals surface area contributed by atoms with Crippen LogP contribution in [0.25, 0.3) is 0 Å². The molecule has 0 aromatic heterocycles. The third-order valence-electron chi connectivity index (χ3n) is 2.77. The highest BCUT2D eigenvalue weighted by Gasteiger charge is 2.23. The highest BCUT2D eigenvalue weighted by molar-refractivity contribution is 7.48. The SMILES string of the molecule is [B]/C(=C\P(O)O)C(OC)[C@H](Cc1ccccc1)OC. The van der Waals surface area contributed by atoms with E-state index in [1.165, 1.54) is 12.9 Å². The van der Waals surface area contributed by atoms with Crippen LogP contribution >= 0.6 is 8.38 Å². The number of hydrogen-bond acceptors (Lipinski definition) is 4. The Bertz CT molecular complexity index is 397. The van der Waals surface area contributed by atoms with Crippen molar-refractivity contribution in [3.8, 4) is 0 Å². The van der Waals surface area contributed by atoms with Gasteiger partial charge in [-0.15, -0.1) is 0 Å². The molecular weight excluding hydrogens is 262 g/mol. The molecule has 2 atom stereocenters. The zero-order chi connectivity index (χ0) is 14.3. The molecule has 0 spiro atoms. The lowest BCUT2D eigenvalue weighted by Gasteiger charge is -2.26. The fraction of sp³-hybridized carbons (Fsp3) is 0.385. The van der Waals surface area contributed by atoms with Gasteiger partial charge in [0.15, 0.2) is 8.38 Å². The molecule has 2 N–H and O–H groups in total. The van der Waals surface area contributed by atoms with Crippen LogP contribution in [0.4, 0.5) is 0 Å². The number of benzene rings is 1.